The number of hydrogen-bond donors (Lipinski definition) is 1. The Bertz CT molecular complexity index is 1100. The van der Waals surface area contributed by atoms with Crippen molar-refractivity contribution in [1.29, 1.82) is 0 Å². The minimum absolute atomic E-state index is 0.0546. The molecule has 1 aliphatic carbocycles. The van der Waals surface area contributed by atoms with Crippen molar-refractivity contribution in [3.8, 4) is 5.75 Å². The van der Waals surface area contributed by atoms with Gasteiger partial charge in [0.05, 0.1) is 0 Å². The van der Waals surface area contributed by atoms with Crippen LogP contribution < -0.4 is 0 Å². The lowest BCUT2D eigenvalue weighted by Gasteiger charge is -2.59. The Morgan fingerprint density at radius 3 is 2.73 bits per heavy atom. The zero-order chi connectivity index (χ0) is 23.0. The lowest BCUT2D eigenvalue weighted by atomic mass is 9.58. The van der Waals surface area contributed by atoms with Crippen LogP contribution in [0.15, 0.2) is 36.4 Å². The van der Waals surface area contributed by atoms with E-state index in [-0.39, 0.29) is 29.1 Å². The van der Waals surface area contributed by atoms with E-state index in [1.54, 1.807) is 12.1 Å². The van der Waals surface area contributed by atoms with E-state index < -0.39 is 29.9 Å². The molecule has 33 heavy (non-hydrogen) atoms. The maximum atomic E-state index is 13.3. The monoisotopic (exact) mass is 454 g/mol. The van der Waals surface area contributed by atoms with Crippen LogP contribution in [0, 0.1) is 23.7 Å². The van der Waals surface area contributed by atoms with Crippen LogP contribution in [0.5, 0.6) is 5.75 Å². The first kappa shape index (κ1) is 21.4. The number of rotatable bonds is 2. The molecule has 2 aromatic rings. The molecule has 1 N–H and O–H groups in total. The zero-order valence-corrected chi connectivity index (χ0v) is 19.2. The molecule has 2 bridgehead atoms. The number of benzene rings is 2. The maximum absolute atomic E-state index is 13.3. The first-order valence-corrected chi connectivity index (χ1v) is 11.9. The van der Waals surface area contributed by atoms with Gasteiger partial charge in [0, 0.05) is 18.3 Å². The van der Waals surface area contributed by atoms with Crippen molar-refractivity contribution in [2.75, 3.05) is 0 Å². The van der Waals surface area contributed by atoms with E-state index in [4.69, 9.17) is 24.0 Å². The molecule has 0 unspecified atom stereocenters. The third-order valence-corrected chi connectivity index (χ3v) is 8.43. The Balaban J connectivity index is 1.34. The standard InChI is InChI=1S/C26H30O7/c1-14-8-10-19-15(2)23(30-24-26(19)18(14)12-13-25(3,31-24)32-33-26)29-22(28)21-17-7-5-4-6-16(17)9-11-20(21)27/h4-7,9,11,14-15,18-19,23-24,27H,8,10,12-13H2,1-3H3/t14-,15-,18+,19+,23+,24-,25+,26-/m1/s1. The summed E-state index contributed by atoms with van der Waals surface area (Å²) in [5.74, 6) is -0.989. The van der Waals surface area contributed by atoms with Crippen LogP contribution in [0.1, 0.15) is 56.8 Å². The second-order valence-electron chi connectivity index (χ2n) is 10.4. The van der Waals surface area contributed by atoms with E-state index in [2.05, 4.69) is 6.92 Å². The van der Waals surface area contributed by atoms with Gasteiger partial charge < -0.3 is 19.3 Å². The lowest BCUT2D eigenvalue weighted by molar-refractivity contribution is -0.576. The van der Waals surface area contributed by atoms with Gasteiger partial charge in [0.2, 0.25) is 12.1 Å². The van der Waals surface area contributed by atoms with Crippen LogP contribution in [0.4, 0.5) is 0 Å². The van der Waals surface area contributed by atoms with Crippen molar-refractivity contribution in [2.24, 2.45) is 23.7 Å². The second kappa shape index (κ2) is 7.40. The highest BCUT2D eigenvalue weighted by atomic mass is 17.3. The van der Waals surface area contributed by atoms with Gasteiger partial charge in [-0.3, -0.25) is 0 Å². The van der Waals surface area contributed by atoms with Gasteiger partial charge in [-0.25, -0.2) is 14.6 Å². The van der Waals surface area contributed by atoms with Crippen LogP contribution in [0.2, 0.25) is 0 Å². The summed E-state index contributed by atoms with van der Waals surface area (Å²) in [4.78, 5) is 25.3. The summed E-state index contributed by atoms with van der Waals surface area (Å²) in [6.07, 6.45) is 2.13. The first-order valence-electron chi connectivity index (χ1n) is 11.9. The minimum Gasteiger partial charge on any atom is -0.507 e. The van der Waals surface area contributed by atoms with Gasteiger partial charge in [-0.1, -0.05) is 44.2 Å². The lowest BCUT2D eigenvalue weighted by Crippen LogP contribution is -2.70. The predicted octanol–water partition coefficient (Wildman–Crippen LogP) is 4.91. The molecular formula is C26H30O7. The molecule has 176 valence electrons. The van der Waals surface area contributed by atoms with Crippen LogP contribution in [0.25, 0.3) is 10.8 Å². The summed E-state index contributed by atoms with van der Waals surface area (Å²) >= 11 is 0. The quantitative estimate of drug-likeness (QED) is 0.510. The van der Waals surface area contributed by atoms with Crippen LogP contribution in [-0.4, -0.2) is 35.0 Å². The molecule has 1 saturated carbocycles. The zero-order valence-electron chi connectivity index (χ0n) is 19.2. The first-order chi connectivity index (χ1) is 15.8. The Kier molecular flexibility index (Phi) is 4.79. The fraction of sp³-hybridized carbons (Fsp3) is 0.577. The summed E-state index contributed by atoms with van der Waals surface area (Å²) in [7, 11) is 0. The molecule has 7 heteroatoms. The maximum Gasteiger partial charge on any atom is 0.344 e. The minimum atomic E-state index is -0.888. The van der Waals surface area contributed by atoms with E-state index >= 15 is 0 Å². The highest BCUT2D eigenvalue weighted by Crippen LogP contribution is 2.60. The van der Waals surface area contributed by atoms with Gasteiger partial charge >= 0.3 is 5.97 Å². The fourth-order valence-electron chi connectivity index (χ4n) is 6.65. The summed E-state index contributed by atoms with van der Waals surface area (Å²) in [5.41, 5.74) is -0.563. The Morgan fingerprint density at radius 2 is 1.88 bits per heavy atom. The number of fused-ring (bicyclic) bond motifs is 3. The number of phenolic OH excluding ortho intramolecular Hbond substituents is 1. The van der Waals surface area contributed by atoms with Crippen molar-refractivity contribution >= 4 is 16.7 Å². The topological polar surface area (TPSA) is 83.5 Å². The number of carbonyl (C=O) groups excluding carboxylic acids is 1. The molecule has 8 atom stereocenters. The molecule has 1 spiro atoms. The Morgan fingerprint density at radius 1 is 1.06 bits per heavy atom. The smallest absolute Gasteiger partial charge is 0.344 e. The third kappa shape index (κ3) is 3.06. The molecule has 4 saturated heterocycles. The van der Waals surface area contributed by atoms with E-state index in [0.717, 1.165) is 31.1 Å². The number of ether oxygens (including phenoxy) is 3. The van der Waals surface area contributed by atoms with Gasteiger partial charge in [0.25, 0.3) is 0 Å². The molecule has 0 radical (unpaired) electrons. The average Bonchev–Trinajstić information content (AvgIpc) is 3.03. The number of carbonyl (C=O) groups is 1. The third-order valence-electron chi connectivity index (χ3n) is 8.43. The van der Waals surface area contributed by atoms with Gasteiger partial charge in [0.15, 0.2) is 11.9 Å². The molecular weight excluding hydrogens is 424 g/mol. The Labute approximate surface area is 192 Å². The van der Waals surface area contributed by atoms with Crippen molar-refractivity contribution < 1.29 is 33.9 Å². The number of phenols is 1. The Hall–Kier alpha value is -2.19. The molecule has 7 nitrogen and oxygen atoms in total. The molecule has 5 aliphatic rings. The summed E-state index contributed by atoms with van der Waals surface area (Å²) < 4.78 is 18.6. The van der Waals surface area contributed by atoms with Gasteiger partial charge in [-0.15, -0.1) is 0 Å². The average molecular weight is 455 g/mol. The van der Waals surface area contributed by atoms with Crippen LogP contribution >= 0.6 is 0 Å². The normalized spacial score (nSPS) is 41.9. The van der Waals surface area contributed by atoms with Crippen LogP contribution in [-0.2, 0) is 24.0 Å². The van der Waals surface area contributed by atoms with Gasteiger partial charge in [-0.2, -0.15) is 0 Å². The summed E-state index contributed by atoms with van der Waals surface area (Å²) in [6.45, 7) is 6.16. The number of aromatic hydroxyl groups is 1. The molecule has 7 rings (SSSR count). The molecule has 2 aromatic carbocycles. The van der Waals surface area contributed by atoms with Crippen molar-refractivity contribution in [3.05, 3.63) is 42.0 Å². The predicted molar refractivity (Wildman–Crippen MR) is 118 cm³/mol. The number of esters is 1. The van der Waals surface area contributed by atoms with E-state index in [1.165, 1.54) is 6.07 Å². The molecule has 0 aromatic heterocycles. The van der Waals surface area contributed by atoms with Crippen LogP contribution in [0.3, 0.4) is 0 Å². The van der Waals surface area contributed by atoms with E-state index in [9.17, 15) is 9.90 Å². The highest BCUT2D eigenvalue weighted by molar-refractivity contribution is 6.07. The largest absolute Gasteiger partial charge is 0.507 e. The number of hydrogen-bond acceptors (Lipinski definition) is 7. The van der Waals surface area contributed by atoms with Gasteiger partial charge in [-0.05, 0) is 54.9 Å². The molecule has 4 aliphatic heterocycles. The SMILES string of the molecule is C[C@H]1[C@@H](OC(=O)c2c(O)ccc3ccccc23)O[C@@H]2O[C@]3(C)CC[C@H]4[C@H](C)CC[C@@H]1[C@@]24OO3. The summed E-state index contributed by atoms with van der Waals surface area (Å²) in [6, 6.07) is 10.7. The van der Waals surface area contributed by atoms with Crippen molar-refractivity contribution in [3.63, 3.8) is 0 Å². The summed E-state index contributed by atoms with van der Waals surface area (Å²) in [5, 5.41) is 12.0. The van der Waals surface area contributed by atoms with Crippen molar-refractivity contribution in [1.82, 2.24) is 0 Å². The second-order valence-corrected chi connectivity index (χ2v) is 10.4. The highest BCUT2D eigenvalue weighted by Gasteiger charge is 2.69. The van der Waals surface area contributed by atoms with Crippen molar-refractivity contribution in [2.45, 2.75) is 70.4 Å². The fourth-order valence-corrected chi connectivity index (χ4v) is 6.65. The van der Waals surface area contributed by atoms with Gasteiger partial charge in [0.1, 0.15) is 11.3 Å². The molecule has 0 amide bonds. The van der Waals surface area contributed by atoms with E-state index in [1.807, 2.05) is 32.0 Å². The molecule has 4 heterocycles. The molecule has 5 fully saturated rings. The van der Waals surface area contributed by atoms with E-state index in [0.29, 0.717) is 11.3 Å².